The minimum atomic E-state index is -0.209. The van der Waals surface area contributed by atoms with Crippen molar-refractivity contribution in [2.45, 2.75) is 26.3 Å². The van der Waals surface area contributed by atoms with Crippen LogP contribution in [0.5, 0.6) is 0 Å². The molecule has 162 valence electrons. The van der Waals surface area contributed by atoms with Gasteiger partial charge in [0.1, 0.15) is 0 Å². The number of hydrogen-bond donors (Lipinski definition) is 3. The van der Waals surface area contributed by atoms with Gasteiger partial charge in [-0.25, -0.2) is 0 Å². The zero-order valence-electron chi connectivity index (χ0n) is 17.9. The summed E-state index contributed by atoms with van der Waals surface area (Å²) in [5.41, 5.74) is 4.42. The predicted octanol–water partition coefficient (Wildman–Crippen LogP) is 4.53. The number of aryl methyl sites for hydroxylation is 1. The van der Waals surface area contributed by atoms with Crippen molar-refractivity contribution in [1.29, 1.82) is 0 Å². The van der Waals surface area contributed by atoms with Crippen molar-refractivity contribution in [3.8, 4) is 0 Å². The Morgan fingerprint density at radius 1 is 0.781 bits per heavy atom. The lowest BCUT2D eigenvalue weighted by atomic mass is 10.1. The molecule has 0 aliphatic heterocycles. The molecule has 4 rings (SSSR count). The summed E-state index contributed by atoms with van der Waals surface area (Å²) in [4.78, 5) is 36.7. The summed E-state index contributed by atoms with van der Waals surface area (Å²) >= 11 is 0. The zero-order valence-corrected chi connectivity index (χ0v) is 17.9. The minimum absolute atomic E-state index is 0.0385. The molecule has 3 aromatic carbocycles. The predicted molar refractivity (Wildman–Crippen MR) is 125 cm³/mol. The molecule has 0 aromatic heterocycles. The van der Waals surface area contributed by atoms with E-state index in [2.05, 4.69) is 16.0 Å². The molecular weight excluding hydrogens is 402 g/mol. The van der Waals surface area contributed by atoms with Crippen LogP contribution in [0.1, 0.15) is 44.7 Å². The van der Waals surface area contributed by atoms with E-state index in [9.17, 15) is 14.4 Å². The van der Waals surface area contributed by atoms with Gasteiger partial charge < -0.3 is 16.0 Å². The number of carbonyl (C=O) groups excluding carboxylic acids is 3. The highest BCUT2D eigenvalue weighted by Gasteiger charge is 2.29. The van der Waals surface area contributed by atoms with Crippen LogP contribution in [-0.4, -0.2) is 17.7 Å². The first-order valence-corrected chi connectivity index (χ1v) is 10.6. The molecule has 1 aliphatic carbocycles. The fourth-order valence-electron chi connectivity index (χ4n) is 3.25. The second-order valence-corrected chi connectivity index (χ2v) is 8.04. The van der Waals surface area contributed by atoms with Crippen LogP contribution in [0.4, 0.5) is 11.4 Å². The van der Waals surface area contributed by atoms with Gasteiger partial charge >= 0.3 is 0 Å². The maximum Gasteiger partial charge on any atom is 0.255 e. The number of nitrogens with one attached hydrogen (secondary N) is 3. The van der Waals surface area contributed by atoms with Crippen LogP contribution in [-0.2, 0) is 11.3 Å². The maximum absolute atomic E-state index is 12.5. The van der Waals surface area contributed by atoms with Crippen LogP contribution in [0, 0.1) is 12.8 Å². The summed E-state index contributed by atoms with van der Waals surface area (Å²) in [5.74, 6) is -0.216. The third-order valence-corrected chi connectivity index (χ3v) is 5.31. The van der Waals surface area contributed by atoms with E-state index in [1.54, 1.807) is 36.4 Å². The van der Waals surface area contributed by atoms with Gasteiger partial charge in [0.05, 0.1) is 0 Å². The smallest absolute Gasteiger partial charge is 0.255 e. The van der Waals surface area contributed by atoms with Crippen LogP contribution in [0.15, 0.2) is 72.8 Å². The van der Waals surface area contributed by atoms with Crippen LogP contribution in [0.3, 0.4) is 0 Å². The Morgan fingerprint density at radius 3 is 2.12 bits per heavy atom. The number of carbonyl (C=O) groups is 3. The summed E-state index contributed by atoms with van der Waals surface area (Å²) in [7, 11) is 0. The van der Waals surface area contributed by atoms with Crippen LogP contribution in [0.25, 0.3) is 0 Å². The molecule has 1 saturated carbocycles. The molecule has 1 aliphatic rings. The van der Waals surface area contributed by atoms with Gasteiger partial charge in [0.2, 0.25) is 5.91 Å². The van der Waals surface area contributed by atoms with E-state index in [1.807, 2.05) is 43.3 Å². The molecule has 0 spiro atoms. The second kappa shape index (κ2) is 9.47. The van der Waals surface area contributed by atoms with Crippen molar-refractivity contribution < 1.29 is 14.4 Å². The van der Waals surface area contributed by atoms with Gasteiger partial charge in [-0.2, -0.15) is 0 Å². The first-order chi connectivity index (χ1) is 15.5. The Hall–Kier alpha value is -3.93. The minimum Gasteiger partial charge on any atom is -0.348 e. The molecule has 6 heteroatoms. The monoisotopic (exact) mass is 427 g/mol. The van der Waals surface area contributed by atoms with Crippen molar-refractivity contribution >= 4 is 29.1 Å². The van der Waals surface area contributed by atoms with Gasteiger partial charge in [-0.1, -0.05) is 29.8 Å². The molecule has 0 unspecified atom stereocenters. The topological polar surface area (TPSA) is 87.3 Å². The van der Waals surface area contributed by atoms with Gasteiger partial charge in [0, 0.05) is 35.0 Å². The summed E-state index contributed by atoms with van der Waals surface area (Å²) in [6.07, 6.45) is 1.90. The highest BCUT2D eigenvalue weighted by molar-refractivity contribution is 6.04. The van der Waals surface area contributed by atoms with Gasteiger partial charge in [-0.15, -0.1) is 0 Å². The fourth-order valence-corrected chi connectivity index (χ4v) is 3.25. The summed E-state index contributed by atoms with van der Waals surface area (Å²) in [5, 5.41) is 8.63. The lowest BCUT2D eigenvalue weighted by Gasteiger charge is -2.10. The molecule has 32 heavy (non-hydrogen) atoms. The zero-order chi connectivity index (χ0) is 22.5. The molecule has 3 N–H and O–H groups in total. The Balaban J connectivity index is 1.31. The van der Waals surface area contributed by atoms with Crippen LogP contribution >= 0.6 is 0 Å². The highest BCUT2D eigenvalue weighted by Crippen LogP contribution is 2.30. The van der Waals surface area contributed by atoms with Gasteiger partial charge in [-0.05, 0) is 73.9 Å². The normalized spacial score (nSPS) is 12.7. The molecule has 0 atom stereocenters. The average Bonchev–Trinajstić information content (AvgIpc) is 3.64. The van der Waals surface area contributed by atoms with Crippen molar-refractivity contribution in [2.75, 3.05) is 10.6 Å². The van der Waals surface area contributed by atoms with E-state index >= 15 is 0 Å². The lowest BCUT2D eigenvalue weighted by Crippen LogP contribution is -2.23. The molecule has 0 saturated heterocycles. The molecule has 0 bridgehead atoms. The van der Waals surface area contributed by atoms with Crippen molar-refractivity contribution in [2.24, 2.45) is 5.92 Å². The molecule has 3 amide bonds. The molecule has 6 nitrogen and oxygen atoms in total. The molecular formula is C26H25N3O3. The first-order valence-electron chi connectivity index (χ1n) is 10.6. The Labute approximate surface area is 187 Å². The standard InChI is InChI=1S/C26H25N3O3/c1-17-5-7-20(8-6-17)26(32)29-23-4-2-3-18(15-23)16-27-24(30)19-11-13-22(14-12-19)28-25(31)21-9-10-21/h2-8,11-15,21H,9-10,16H2,1H3,(H,27,30)(H,28,31)(H,29,32). The fraction of sp³-hybridized carbons (Fsp3) is 0.192. The molecule has 1 fully saturated rings. The number of rotatable bonds is 7. The van der Waals surface area contributed by atoms with E-state index in [0.717, 1.165) is 24.0 Å². The third kappa shape index (κ3) is 5.60. The Bertz CT molecular complexity index is 1130. The van der Waals surface area contributed by atoms with Crippen molar-refractivity contribution in [1.82, 2.24) is 5.32 Å². The largest absolute Gasteiger partial charge is 0.348 e. The van der Waals surface area contributed by atoms with E-state index in [1.165, 1.54) is 0 Å². The van der Waals surface area contributed by atoms with Gasteiger partial charge in [0.15, 0.2) is 0 Å². The first kappa shape index (κ1) is 21.3. The molecule has 0 radical (unpaired) electrons. The third-order valence-electron chi connectivity index (χ3n) is 5.31. The number of benzene rings is 3. The quantitative estimate of drug-likeness (QED) is 0.518. The molecule has 3 aromatic rings. The summed E-state index contributed by atoms with van der Waals surface area (Å²) in [6, 6.07) is 21.6. The number of anilines is 2. The van der Waals surface area contributed by atoms with E-state index < -0.39 is 0 Å². The van der Waals surface area contributed by atoms with Crippen molar-refractivity contribution in [3.05, 3.63) is 95.1 Å². The van der Waals surface area contributed by atoms with Crippen LogP contribution < -0.4 is 16.0 Å². The van der Waals surface area contributed by atoms with Crippen molar-refractivity contribution in [3.63, 3.8) is 0 Å². The summed E-state index contributed by atoms with van der Waals surface area (Å²) < 4.78 is 0. The summed E-state index contributed by atoms with van der Waals surface area (Å²) in [6.45, 7) is 2.30. The van der Waals surface area contributed by atoms with Gasteiger partial charge in [-0.3, -0.25) is 14.4 Å². The SMILES string of the molecule is Cc1ccc(C(=O)Nc2cccc(CNC(=O)c3ccc(NC(=O)C4CC4)cc3)c2)cc1. The second-order valence-electron chi connectivity index (χ2n) is 8.04. The van der Waals surface area contributed by atoms with E-state index in [4.69, 9.17) is 0 Å². The maximum atomic E-state index is 12.5. The van der Waals surface area contributed by atoms with E-state index in [-0.39, 0.29) is 23.6 Å². The average molecular weight is 428 g/mol. The van der Waals surface area contributed by atoms with Gasteiger partial charge in [0.25, 0.3) is 11.8 Å². The number of amides is 3. The Morgan fingerprint density at radius 2 is 1.44 bits per heavy atom. The number of hydrogen-bond acceptors (Lipinski definition) is 3. The Kier molecular flexibility index (Phi) is 6.31. The molecule has 0 heterocycles. The lowest BCUT2D eigenvalue weighted by molar-refractivity contribution is -0.117. The van der Waals surface area contributed by atoms with E-state index in [0.29, 0.717) is 29.0 Å². The van der Waals surface area contributed by atoms with Crippen LogP contribution in [0.2, 0.25) is 0 Å². The highest BCUT2D eigenvalue weighted by atomic mass is 16.2.